The number of hydrogen-bond acceptors (Lipinski definition) is 3. The Morgan fingerprint density at radius 2 is 1.84 bits per heavy atom. The number of fused-ring (bicyclic) bond motifs is 1. The Labute approximate surface area is 187 Å². The molecule has 168 valence electrons. The first-order chi connectivity index (χ1) is 15.6. The number of H-pyrrole nitrogens is 1. The topological polar surface area (TPSA) is 95.2 Å². The molecule has 2 aromatic carbocycles. The van der Waals surface area contributed by atoms with Gasteiger partial charge in [0.25, 0.3) is 0 Å². The van der Waals surface area contributed by atoms with Gasteiger partial charge in [0.05, 0.1) is 7.11 Å². The van der Waals surface area contributed by atoms with Crippen LogP contribution < -0.4 is 20.7 Å². The molecule has 1 aromatic heterocycles. The lowest BCUT2D eigenvalue weighted by Crippen LogP contribution is -2.60. The number of urea groups is 1. The number of methoxy groups -OCH3 is 1. The van der Waals surface area contributed by atoms with E-state index in [4.69, 9.17) is 4.74 Å². The number of anilines is 1. The Kier molecular flexibility index (Phi) is 6.63. The lowest BCUT2D eigenvalue weighted by atomic mass is 9.81. The predicted molar refractivity (Wildman–Crippen MR) is 126 cm³/mol. The fourth-order valence-electron chi connectivity index (χ4n) is 4.40. The summed E-state index contributed by atoms with van der Waals surface area (Å²) >= 11 is 0. The average Bonchev–Trinajstić information content (AvgIpc) is 3.22. The molecule has 0 bridgehead atoms. The minimum atomic E-state index is -0.883. The number of ether oxygens (including phenoxy) is 1. The van der Waals surface area contributed by atoms with E-state index in [0.29, 0.717) is 25.8 Å². The van der Waals surface area contributed by atoms with Crippen LogP contribution >= 0.6 is 0 Å². The van der Waals surface area contributed by atoms with Crippen LogP contribution in [0.3, 0.4) is 0 Å². The van der Waals surface area contributed by atoms with E-state index >= 15 is 0 Å². The number of para-hydroxylation sites is 1. The molecule has 1 heterocycles. The van der Waals surface area contributed by atoms with E-state index < -0.39 is 5.54 Å². The smallest absolute Gasteiger partial charge is 0.315 e. The number of benzene rings is 2. The van der Waals surface area contributed by atoms with Crippen LogP contribution in [0.2, 0.25) is 0 Å². The number of aromatic amines is 1. The molecule has 0 aliphatic heterocycles. The predicted octanol–water partition coefficient (Wildman–Crippen LogP) is 4.36. The van der Waals surface area contributed by atoms with Gasteiger partial charge in [-0.25, -0.2) is 4.79 Å². The number of hydrogen-bond donors (Lipinski definition) is 4. The minimum Gasteiger partial charge on any atom is -0.497 e. The second-order valence-electron chi connectivity index (χ2n) is 8.32. The van der Waals surface area contributed by atoms with Crippen LogP contribution in [0.25, 0.3) is 10.9 Å². The fraction of sp³-hybridized carbons (Fsp3) is 0.360. The highest BCUT2D eigenvalue weighted by atomic mass is 16.5. The van der Waals surface area contributed by atoms with Gasteiger partial charge in [-0.15, -0.1) is 0 Å². The number of carbonyl (C=O) groups is 2. The molecule has 7 nitrogen and oxygen atoms in total. The van der Waals surface area contributed by atoms with Crippen molar-refractivity contribution in [3.8, 4) is 5.75 Å². The van der Waals surface area contributed by atoms with Gasteiger partial charge < -0.3 is 25.7 Å². The van der Waals surface area contributed by atoms with Gasteiger partial charge in [0.1, 0.15) is 11.3 Å². The largest absolute Gasteiger partial charge is 0.497 e. The maximum atomic E-state index is 13.1. The van der Waals surface area contributed by atoms with Crippen molar-refractivity contribution in [2.45, 2.75) is 44.1 Å². The number of nitrogens with one attached hydrogen (secondary N) is 4. The molecule has 3 aromatic rings. The molecule has 32 heavy (non-hydrogen) atoms. The Hall–Kier alpha value is -3.48. The second-order valence-corrected chi connectivity index (χ2v) is 8.32. The standard InChI is InChI=1S/C25H30N4O3/c1-32-20-10-11-22-21(16-20)18(17-27-22)12-15-26-24(31)29-25(13-6-3-7-14-25)23(30)28-19-8-4-2-5-9-19/h2,4-5,8-11,16-17,27H,3,6-7,12-15H2,1H3,(H,28,30)(H2,26,29,31). The normalized spacial score (nSPS) is 15.2. The van der Waals surface area contributed by atoms with Crippen LogP contribution in [0.4, 0.5) is 10.5 Å². The molecule has 4 rings (SSSR count). The van der Waals surface area contributed by atoms with Gasteiger partial charge in [0.2, 0.25) is 5.91 Å². The molecule has 1 aliphatic rings. The van der Waals surface area contributed by atoms with Gasteiger partial charge in [-0.3, -0.25) is 4.79 Å². The molecular weight excluding hydrogens is 404 g/mol. The summed E-state index contributed by atoms with van der Waals surface area (Å²) in [5.74, 6) is 0.648. The van der Waals surface area contributed by atoms with Crippen molar-refractivity contribution in [3.05, 3.63) is 60.3 Å². The summed E-state index contributed by atoms with van der Waals surface area (Å²) in [4.78, 5) is 29.1. The van der Waals surface area contributed by atoms with Gasteiger partial charge in [-0.2, -0.15) is 0 Å². The Bertz CT molecular complexity index is 1070. The molecule has 4 N–H and O–H groups in total. The van der Waals surface area contributed by atoms with Crippen molar-refractivity contribution >= 4 is 28.5 Å². The van der Waals surface area contributed by atoms with Crippen LogP contribution in [-0.4, -0.2) is 36.1 Å². The Morgan fingerprint density at radius 3 is 2.59 bits per heavy atom. The molecule has 0 unspecified atom stereocenters. The second kappa shape index (κ2) is 9.77. The molecule has 3 amide bonds. The highest BCUT2D eigenvalue weighted by molar-refractivity contribution is 6.00. The minimum absolute atomic E-state index is 0.151. The van der Waals surface area contributed by atoms with Crippen LogP contribution in [-0.2, 0) is 11.2 Å². The van der Waals surface area contributed by atoms with Crippen molar-refractivity contribution in [2.75, 3.05) is 19.0 Å². The molecule has 0 radical (unpaired) electrons. The molecule has 1 fully saturated rings. The monoisotopic (exact) mass is 434 g/mol. The van der Waals surface area contributed by atoms with Crippen LogP contribution in [0, 0.1) is 0 Å². The molecule has 0 spiro atoms. The molecule has 1 aliphatic carbocycles. The number of carbonyl (C=O) groups excluding carboxylic acids is 2. The number of amides is 3. The van der Waals surface area contributed by atoms with Gasteiger partial charge in [-0.1, -0.05) is 37.5 Å². The lowest BCUT2D eigenvalue weighted by Gasteiger charge is -2.36. The first-order valence-electron chi connectivity index (χ1n) is 11.2. The first kappa shape index (κ1) is 21.7. The zero-order valence-corrected chi connectivity index (χ0v) is 18.4. The van der Waals surface area contributed by atoms with Gasteiger partial charge in [0.15, 0.2) is 0 Å². The van der Waals surface area contributed by atoms with Crippen molar-refractivity contribution < 1.29 is 14.3 Å². The fourth-order valence-corrected chi connectivity index (χ4v) is 4.40. The van der Waals surface area contributed by atoms with E-state index in [1.54, 1.807) is 7.11 Å². The van der Waals surface area contributed by atoms with E-state index in [0.717, 1.165) is 47.2 Å². The zero-order valence-electron chi connectivity index (χ0n) is 18.4. The van der Waals surface area contributed by atoms with Crippen LogP contribution in [0.5, 0.6) is 5.75 Å². The van der Waals surface area contributed by atoms with E-state index in [1.807, 2.05) is 54.7 Å². The summed E-state index contributed by atoms with van der Waals surface area (Å²) in [7, 11) is 1.65. The SMILES string of the molecule is COc1ccc2[nH]cc(CCNC(=O)NC3(C(=O)Nc4ccccc4)CCCCC3)c2c1. The summed E-state index contributed by atoms with van der Waals surface area (Å²) in [5, 5.41) is 9.98. The van der Waals surface area contributed by atoms with E-state index in [9.17, 15) is 9.59 Å². The molecular formula is C25H30N4O3. The lowest BCUT2D eigenvalue weighted by molar-refractivity contribution is -0.123. The quantitative estimate of drug-likeness (QED) is 0.445. The van der Waals surface area contributed by atoms with Gasteiger partial charge in [-0.05, 0) is 55.2 Å². The molecule has 0 atom stereocenters. The number of rotatable bonds is 7. The maximum absolute atomic E-state index is 13.1. The van der Waals surface area contributed by atoms with E-state index in [2.05, 4.69) is 20.9 Å². The molecule has 1 saturated carbocycles. The third-order valence-electron chi connectivity index (χ3n) is 6.18. The van der Waals surface area contributed by atoms with Crippen LogP contribution in [0.1, 0.15) is 37.7 Å². The van der Waals surface area contributed by atoms with Gasteiger partial charge in [0, 0.05) is 29.3 Å². The van der Waals surface area contributed by atoms with E-state index in [1.165, 1.54) is 0 Å². The van der Waals surface area contributed by atoms with Crippen LogP contribution in [0.15, 0.2) is 54.7 Å². The highest BCUT2D eigenvalue weighted by Crippen LogP contribution is 2.30. The van der Waals surface area contributed by atoms with Crippen molar-refractivity contribution in [3.63, 3.8) is 0 Å². The summed E-state index contributed by atoms with van der Waals surface area (Å²) < 4.78 is 5.32. The van der Waals surface area contributed by atoms with Crippen molar-refractivity contribution in [1.29, 1.82) is 0 Å². The van der Waals surface area contributed by atoms with Gasteiger partial charge >= 0.3 is 6.03 Å². The summed E-state index contributed by atoms with van der Waals surface area (Å²) in [6, 6.07) is 14.9. The van der Waals surface area contributed by atoms with E-state index in [-0.39, 0.29) is 11.9 Å². The third-order valence-corrected chi connectivity index (χ3v) is 6.18. The average molecular weight is 435 g/mol. The van der Waals surface area contributed by atoms with Crippen molar-refractivity contribution in [2.24, 2.45) is 0 Å². The molecule has 7 heteroatoms. The Balaban J connectivity index is 1.37. The van der Waals surface area contributed by atoms with Crippen molar-refractivity contribution in [1.82, 2.24) is 15.6 Å². The summed E-state index contributed by atoms with van der Waals surface area (Å²) in [6.45, 7) is 0.465. The molecule has 0 saturated heterocycles. The highest BCUT2D eigenvalue weighted by Gasteiger charge is 2.40. The summed E-state index contributed by atoms with van der Waals surface area (Å²) in [5.41, 5.74) is 1.99. The first-order valence-corrected chi connectivity index (χ1v) is 11.2. The number of aromatic nitrogens is 1. The summed E-state index contributed by atoms with van der Waals surface area (Å²) in [6.07, 6.45) is 6.82. The zero-order chi connectivity index (χ0) is 22.4. The third kappa shape index (κ3) is 4.88. The Morgan fingerprint density at radius 1 is 1.06 bits per heavy atom. The maximum Gasteiger partial charge on any atom is 0.315 e.